The lowest BCUT2D eigenvalue weighted by molar-refractivity contribution is -0.140. The fraction of sp³-hybridized carbons (Fsp3) is 0.257. The highest BCUT2D eigenvalue weighted by Gasteiger charge is 2.35. The quantitative estimate of drug-likeness (QED) is 0.157. The lowest BCUT2D eigenvalue weighted by Gasteiger charge is -2.34. The van der Waals surface area contributed by atoms with Crippen molar-refractivity contribution in [1.29, 1.82) is 0 Å². The Kier molecular flexibility index (Phi) is 12.2. The van der Waals surface area contributed by atoms with Crippen molar-refractivity contribution in [3.63, 3.8) is 0 Å². The second-order valence-corrected chi connectivity index (χ2v) is 14.4. The number of ether oxygens (including phenoxy) is 1. The van der Waals surface area contributed by atoms with Crippen LogP contribution in [0.5, 0.6) is 5.75 Å². The van der Waals surface area contributed by atoms with E-state index < -0.39 is 34.4 Å². The Balaban J connectivity index is 1.85. The van der Waals surface area contributed by atoms with Crippen LogP contribution in [-0.4, -0.2) is 50.9 Å². The molecule has 12 heteroatoms. The minimum Gasteiger partial charge on any atom is -0.495 e. The third-order valence-electron chi connectivity index (χ3n) is 7.37. The minimum atomic E-state index is -4.30. The molecule has 1 atom stereocenters. The molecule has 2 amide bonds. The highest BCUT2D eigenvalue weighted by molar-refractivity contribution is 7.92. The third kappa shape index (κ3) is 9.20. The van der Waals surface area contributed by atoms with Crippen LogP contribution in [0.3, 0.4) is 0 Å². The lowest BCUT2D eigenvalue weighted by atomic mass is 10.0. The van der Waals surface area contributed by atoms with Gasteiger partial charge in [-0.25, -0.2) is 8.42 Å². The Labute approximate surface area is 291 Å². The van der Waals surface area contributed by atoms with E-state index in [2.05, 4.69) is 5.32 Å². The number of aryl methyl sites for hydroxylation is 1. The molecule has 4 aromatic carbocycles. The van der Waals surface area contributed by atoms with Gasteiger partial charge in [0.15, 0.2) is 0 Å². The molecule has 1 unspecified atom stereocenters. The third-order valence-corrected chi connectivity index (χ3v) is 10.0. The molecular formula is C35H36Cl3N3O5S. The second kappa shape index (κ2) is 15.9. The van der Waals surface area contributed by atoms with Crippen molar-refractivity contribution in [1.82, 2.24) is 10.2 Å². The summed E-state index contributed by atoms with van der Waals surface area (Å²) in [6.07, 6.45) is 0.162. The SMILES string of the molecule is COc1ccc(N(CC(=O)N(Cc2ccc(Cl)cc2Cl)C(Cc2ccccc2)C(=O)NC(C)C)S(=O)(=O)c2ccc(C)cc2)cc1Cl. The van der Waals surface area contributed by atoms with Crippen LogP contribution in [0.25, 0.3) is 0 Å². The summed E-state index contributed by atoms with van der Waals surface area (Å²) in [6.45, 7) is 4.74. The molecule has 0 spiro atoms. The van der Waals surface area contributed by atoms with Crippen LogP contribution in [0, 0.1) is 6.92 Å². The van der Waals surface area contributed by atoms with Gasteiger partial charge < -0.3 is 15.0 Å². The number of anilines is 1. The van der Waals surface area contributed by atoms with Crippen molar-refractivity contribution in [3.05, 3.63) is 123 Å². The summed E-state index contributed by atoms with van der Waals surface area (Å²) in [5.41, 5.74) is 2.34. The standard InChI is InChI=1S/C35H36Cl3N3O5S/c1-23(2)39-35(43)32(18-25-8-6-5-7-9-25)40(21-26-12-13-27(36)19-30(26)37)34(42)22-41(28-14-17-33(46-4)31(38)20-28)47(44,45)29-15-10-24(3)11-16-29/h5-17,19-20,23,32H,18,21-22H2,1-4H3,(H,39,43). The molecule has 0 heterocycles. The molecular weight excluding hydrogens is 681 g/mol. The van der Waals surface area contributed by atoms with Gasteiger partial charge in [0, 0.05) is 29.1 Å². The summed E-state index contributed by atoms with van der Waals surface area (Å²) in [7, 11) is -2.86. The number of carbonyl (C=O) groups is 2. The summed E-state index contributed by atoms with van der Waals surface area (Å²) in [4.78, 5) is 29.8. The van der Waals surface area contributed by atoms with Crippen LogP contribution in [0.2, 0.25) is 15.1 Å². The second-order valence-electron chi connectivity index (χ2n) is 11.3. The van der Waals surface area contributed by atoms with Crippen molar-refractivity contribution in [2.45, 2.75) is 50.7 Å². The average molecular weight is 717 g/mol. The molecule has 0 saturated heterocycles. The number of carbonyl (C=O) groups excluding carboxylic acids is 2. The maximum absolute atomic E-state index is 14.6. The van der Waals surface area contributed by atoms with Gasteiger partial charge in [-0.05, 0) is 74.4 Å². The van der Waals surface area contributed by atoms with Crippen LogP contribution < -0.4 is 14.4 Å². The first-order valence-corrected chi connectivity index (χ1v) is 17.4. The van der Waals surface area contributed by atoms with Crippen LogP contribution in [0.4, 0.5) is 5.69 Å². The number of hydrogen-bond donors (Lipinski definition) is 1. The maximum atomic E-state index is 14.6. The molecule has 47 heavy (non-hydrogen) atoms. The number of rotatable bonds is 13. The monoisotopic (exact) mass is 715 g/mol. The number of hydrogen-bond acceptors (Lipinski definition) is 5. The molecule has 0 bridgehead atoms. The number of nitrogens with zero attached hydrogens (tertiary/aromatic N) is 2. The summed E-state index contributed by atoms with van der Waals surface area (Å²) in [6, 6.07) is 23.7. The smallest absolute Gasteiger partial charge is 0.264 e. The van der Waals surface area contributed by atoms with Crippen LogP contribution in [0.1, 0.15) is 30.5 Å². The number of halogens is 3. The molecule has 0 saturated carbocycles. The summed E-state index contributed by atoms with van der Waals surface area (Å²) in [5.74, 6) is -0.706. The van der Waals surface area contributed by atoms with E-state index in [0.717, 1.165) is 15.4 Å². The normalized spacial score (nSPS) is 12.0. The molecule has 8 nitrogen and oxygen atoms in total. The lowest BCUT2D eigenvalue weighted by Crippen LogP contribution is -2.54. The molecule has 4 aromatic rings. The zero-order chi connectivity index (χ0) is 34.3. The highest BCUT2D eigenvalue weighted by Crippen LogP contribution is 2.33. The molecule has 0 aliphatic carbocycles. The van der Waals surface area contributed by atoms with E-state index in [1.54, 1.807) is 30.3 Å². The predicted molar refractivity (Wildman–Crippen MR) is 188 cm³/mol. The Morgan fingerprint density at radius 1 is 0.872 bits per heavy atom. The van der Waals surface area contributed by atoms with E-state index in [0.29, 0.717) is 21.4 Å². The van der Waals surface area contributed by atoms with E-state index in [4.69, 9.17) is 39.5 Å². The van der Waals surface area contributed by atoms with Crippen molar-refractivity contribution < 1.29 is 22.7 Å². The molecule has 0 aliphatic heterocycles. The van der Waals surface area contributed by atoms with Crippen LogP contribution >= 0.6 is 34.8 Å². The summed E-state index contributed by atoms with van der Waals surface area (Å²) in [5, 5.41) is 3.78. The van der Waals surface area contributed by atoms with E-state index >= 15 is 0 Å². The van der Waals surface area contributed by atoms with Gasteiger partial charge >= 0.3 is 0 Å². The zero-order valence-corrected chi connectivity index (χ0v) is 29.5. The Bertz CT molecular complexity index is 1820. The molecule has 0 radical (unpaired) electrons. The van der Waals surface area contributed by atoms with Gasteiger partial charge in [0.1, 0.15) is 18.3 Å². The Morgan fingerprint density at radius 3 is 2.15 bits per heavy atom. The number of sulfonamides is 1. The van der Waals surface area contributed by atoms with Gasteiger partial charge in [0.2, 0.25) is 11.8 Å². The van der Waals surface area contributed by atoms with Crippen molar-refractivity contribution in [2.75, 3.05) is 18.0 Å². The highest BCUT2D eigenvalue weighted by atomic mass is 35.5. The van der Waals surface area contributed by atoms with Gasteiger partial charge in [-0.1, -0.05) is 88.9 Å². The number of benzene rings is 4. The molecule has 0 aliphatic rings. The molecule has 248 valence electrons. The van der Waals surface area contributed by atoms with E-state index in [1.807, 2.05) is 51.1 Å². The first kappa shape index (κ1) is 36.1. The Morgan fingerprint density at radius 2 is 1.55 bits per heavy atom. The van der Waals surface area contributed by atoms with Crippen LogP contribution in [-0.2, 0) is 32.6 Å². The molecule has 4 rings (SSSR count). The predicted octanol–water partition coefficient (Wildman–Crippen LogP) is 7.32. The van der Waals surface area contributed by atoms with E-state index in [-0.39, 0.29) is 34.6 Å². The Hall–Kier alpha value is -3.76. The fourth-order valence-electron chi connectivity index (χ4n) is 4.94. The fourth-order valence-corrected chi connectivity index (χ4v) is 7.07. The minimum absolute atomic E-state index is 0.0199. The average Bonchev–Trinajstić information content (AvgIpc) is 3.02. The van der Waals surface area contributed by atoms with Gasteiger partial charge in [-0.15, -0.1) is 0 Å². The van der Waals surface area contributed by atoms with Crippen molar-refractivity contribution >= 4 is 62.3 Å². The van der Waals surface area contributed by atoms with Gasteiger partial charge in [-0.3, -0.25) is 13.9 Å². The van der Waals surface area contributed by atoms with Crippen LogP contribution in [0.15, 0.2) is 95.9 Å². The number of methoxy groups -OCH3 is 1. The number of nitrogens with one attached hydrogen (secondary N) is 1. The largest absolute Gasteiger partial charge is 0.495 e. The van der Waals surface area contributed by atoms with E-state index in [9.17, 15) is 18.0 Å². The maximum Gasteiger partial charge on any atom is 0.264 e. The van der Waals surface area contributed by atoms with Gasteiger partial charge in [0.05, 0.1) is 22.7 Å². The van der Waals surface area contributed by atoms with Crippen molar-refractivity contribution in [3.8, 4) is 5.75 Å². The van der Waals surface area contributed by atoms with E-state index in [1.165, 1.54) is 42.3 Å². The summed E-state index contributed by atoms with van der Waals surface area (Å²) >= 11 is 19.2. The zero-order valence-electron chi connectivity index (χ0n) is 26.4. The molecule has 1 N–H and O–H groups in total. The first-order chi connectivity index (χ1) is 22.3. The first-order valence-electron chi connectivity index (χ1n) is 14.8. The number of amides is 2. The van der Waals surface area contributed by atoms with Gasteiger partial charge in [-0.2, -0.15) is 0 Å². The van der Waals surface area contributed by atoms with Crippen molar-refractivity contribution in [2.24, 2.45) is 0 Å². The molecule has 0 fully saturated rings. The molecule has 0 aromatic heterocycles. The topological polar surface area (TPSA) is 96.0 Å². The summed E-state index contributed by atoms with van der Waals surface area (Å²) < 4.78 is 34.7. The van der Waals surface area contributed by atoms with Gasteiger partial charge in [0.25, 0.3) is 10.0 Å².